The van der Waals surface area contributed by atoms with Crippen LogP contribution in [-0.4, -0.2) is 28.3 Å². The van der Waals surface area contributed by atoms with Crippen LogP contribution in [0.3, 0.4) is 0 Å². The molecule has 0 saturated heterocycles. The molecule has 0 bridgehead atoms. The van der Waals surface area contributed by atoms with Gasteiger partial charge in [0.05, 0.1) is 11.0 Å². The summed E-state index contributed by atoms with van der Waals surface area (Å²) in [5, 5.41) is 0. The van der Waals surface area contributed by atoms with E-state index in [2.05, 4.69) is 0 Å². The van der Waals surface area contributed by atoms with Crippen LogP contribution in [0, 0.1) is 0 Å². The van der Waals surface area contributed by atoms with E-state index in [0.29, 0.717) is 4.31 Å². The maximum atomic E-state index is 10.5. The van der Waals surface area contributed by atoms with Crippen LogP contribution in [-0.2, 0) is 10.3 Å². The van der Waals surface area contributed by atoms with E-state index in [1.165, 1.54) is 13.8 Å². The third-order valence-electron chi connectivity index (χ3n) is 0.968. The molecule has 0 spiro atoms. The topological polar surface area (TPSA) is 57.6 Å². The van der Waals surface area contributed by atoms with Gasteiger partial charge in [-0.05, 0) is 13.8 Å². The Kier molecular flexibility index (Phi) is 4.07. The summed E-state index contributed by atoms with van der Waals surface area (Å²) >= 11 is 10.9. The predicted molar refractivity (Wildman–Crippen MR) is 44.0 cm³/mol. The Labute approximate surface area is 76.0 Å². The fraction of sp³-hybridized carbons (Fsp3) is 1.00. The van der Waals surface area contributed by atoms with Crippen molar-refractivity contribution in [3.05, 3.63) is 0 Å². The molecule has 0 aromatic carbocycles. The molecule has 0 aliphatic carbocycles. The molecule has 1 N–H and O–H groups in total. The first-order valence-electron chi connectivity index (χ1n) is 2.81. The lowest BCUT2D eigenvalue weighted by molar-refractivity contribution is 0.336. The first-order valence-corrected chi connectivity index (χ1v) is 5.08. The summed E-state index contributed by atoms with van der Waals surface area (Å²) in [6.45, 7) is 2.79. The third-order valence-corrected chi connectivity index (χ3v) is 2.79. The van der Waals surface area contributed by atoms with Gasteiger partial charge in [0.1, 0.15) is 0 Å². The molecule has 0 rings (SSSR count). The number of hydrogen-bond acceptors (Lipinski definition) is 2. The van der Waals surface area contributed by atoms with Crippen LogP contribution in [0.15, 0.2) is 0 Å². The van der Waals surface area contributed by atoms with Gasteiger partial charge in [-0.15, -0.1) is 27.5 Å². The Morgan fingerprint density at radius 3 is 1.55 bits per heavy atom. The molecule has 2 atom stereocenters. The molecule has 0 heterocycles. The second kappa shape index (κ2) is 3.91. The summed E-state index contributed by atoms with van der Waals surface area (Å²) < 4.78 is 30.2. The fourth-order valence-corrected chi connectivity index (χ4v) is 2.38. The second-order valence-corrected chi connectivity index (χ2v) is 4.54. The second-order valence-electron chi connectivity index (χ2n) is 1.96. The SMILES string of the molecule is CC(Cl)N(C(C)Cl)S(=O)(=O)O. The number of hydrogen-bond donors (Lipinski definition) is 1. The maximum absolute atomic E-state index is 10.5. The van der Waals surface area contributed by atoms with Gasteiger partial charge in [-0.25, -0.2) is 0 Å². The van der Waals surface area contributed by atoms with E-state index in [0.717, 1.165) is 0 Å². The third kappa shape index (κ3) is 3.57. The van der Waals surface area contributed by atoms with E-state index >= 15 is 0 Å². The molecule has 0 aliphatic heterocycles. The van der Waals surface area contributed by atoms with Crippen molar-refractivity contribution >= 4 is 33.5 Å². The van der Waals surface area contributed by atoms with Crippen molar-refractivity contribution in [2.45, 2.75) is 24.8 Å². The van der Waals surface area contributed by atoms with E-state index in [4.69, 9.17) is 27.8 Å². The molecule has 2 unspecified atom stereocenters. The predicted octanol–water partition coefficient (Wildman–Crippen LogP) is 1.26. The number of rotatable bonds is 3. The van der Waals surface area contributed by atoms with Crippen molar-refractivity contribution in [2.75, 3.05) is 0 Å². The monoisotopic (exact) mass is 221 g/mol. The van der Waals surface area contributed by atoms with Crippen molar-refractivity contribution in [3.8, 4) is 0 Å². The Morgan fingerprint density at radius 1 is 1.27 bits per heavy atom. The summed E-state index contributed by atoms with van der Waals surface area (Å²) in [5.74, 6) is 0. The summed E-state index contributed by atoms with van der Waals surface area (Å²) in [4.78, 5) is 0. The van der Waals surface area contributed by atoms with Crippen LogP contribution in [0.25, 0.3) is 0 Å². The van der Waals surface area contributed by atoms with Gasteiger partial charge < -0.3 is 0 Å². The van der Waals surface area contributed by atoms with E-state index in [1.807, 2.05) is 0 Å². The van der Waals surface area contributed by atoms with Crippen LogP contribution < -0.4 is 0 Å². The Balaban J connectivity index is 4.64. The van der Waals surface area contributed by atoms with Gasteiger partial charge in [0.25, 0.3) is 0 Å². The van der Waals surface area contributed by atoms with E-state index in [-0.39, 0.29) is 0 Å². The van der Waals surface area contributed by atoms with Gasteiger partial charge in [-0.1, -0.05) is 0 Å². The van der Waals surface area contributed by atoms with Gasteiger partial charge in [-0.3, -0.25) is 4.55 Å². The van der Waals surface area contributed by atoms with Gasteiger partial charge in [0.15, 0.2) is 0 Å². The molecule has 0 aromatic heterocycles. The zero-order valence-electron chi connectivity index (χ0n) is 6.03. The summed E-state index contributed by atoms with van der Waals surface area (Å²) in [6, 6.07) is 0. The molecule has 0 amide bonds. The molecule has 0 saturated carbocycles. The van der Waals surface area contributed by atoms with E-state index in [9.17, 15) is 8.42 Å². The van der Waals surface area contributed by atoms with Crippen molar-refractivity contribution in [1.82, 2.24) is 4.31 Å². The molecular weight excluding hydrogens is 213 g/mol. The highest BCUT2D eigenvalue weighted by Crippen LogP contribution is 2.15. The summed E-state index contributed by atoms with van der Waals surface area (Å²) in [5.41, 5.74) is -1.73. The van der Waals surface area contributed by atoms with Gasteiger partial charge in [0, 0.05) is 0 Å². The van der Waals surface area contributed by atoms with Crippen LogP contribution >= 0.6 is 23.2 Å². The van der Waals surface area contributed by atoms with Crippen molar-refractivity contribution in [2.24, 2.45) is 0 Å². The highest BCUT2D eigenvalue weighted by Gasteiger charge is 2.27. The van der Waals surface area contributed by atoms with Gasteiger partial charge >= 0.3 is 10.3 Å². The number of alkyl halides is 2. The zero-order valence-corrected chi connectivity index (χ0v) is 8.36. The standard InChI is InChI=1S/C4H9Cl2NO3S/c1-3(5)7(4(2)6)11(8,9)10/h3-4H,1-2H3,(H,8,9,10). The van der Waals surface area contributed by atoms with Crippen molar-refractivity contribution < 1.29 is 13.0 Å². The normalized spacial score (nSPS) is 18.4. The first kappa shape index (κ1) is 11.4. The number of halogens is 2. The fourth-order valence-electron chi connectivity index (χ4n) is 0.650. The molecular formula is C4H9Cl2NO3S. The van der Waals surface area contributed by atoms with E-state index in [1.54, 1.807) is 0 Å². The maximum Gasteiger partial charge on any atom is 0.338 e. The number of nitrogens with zero attached hydrogens (tertiary/aromatic N) is 1. The first-order chi connectivity index (χ1) is 4.76. The Morgan fingerprint density at radius 2 is 1.55 bits per heavy atom. The molecule has 0 radical (unpaired) electrons. The van der Waals surface area contributed by atoms with Gasteiger partial charge in [-0.2, -0.15) is 8.42 Å². The van der Waals surface area contributed by atoms with Crippen LogP contribution in [0.2, 0.25) is 0 Å². The van der Waals surface area contributed by atoms with Crippen LogP contribution in [0.1, 0.15) is 13.8 Å². The molecule has 0 aliphatic rings. The largest absolute Gasteiger partial charge is 0.338 e. The quantitative estimate of drug-likeness (QED) is 0.444. The minimum Gasteiger partial charge on any atom is -0.273 e. The van der Waals surface area contributed by atoms with Crippen molar-refractivity contribution in [1.29, 1.82) is 0 Å². The Hall–Kier alpha value is 0.450. The molecule has 11 heavy (non-hydrogen) atoms. The Bertz CT molecular complexity index is 205. The molecule has 0 aromatic rings. The minimum absolute atomic E-state index is 0.579. The molecule has 0 fully saturated rings. The lowest BCUT2D eigenvalue weighted by atomic mass is 10.6. The van der Waals surface area contributed by atoms with Crippen LogP contribution in [0.5, 0.6) is 0 Å². The highest BCUT2D eigenvalue weighted by molar-refractivity contribution is 7.83. The lowest BCUT2D eigenvalue weighted by Gasteiger charge is -2.22. The average molecular weight is 222 g/mol. The summed E-state index contributed by atoms with van der Waals surface area (Å²) in [7, 11) is -4.29. The minimum atomic E-state index is -4.29. The smallest absolute Gasteiger partial charge is 0.273 e. The summed E-state index contributed by atoms with van der Waals surface area (Å²) in [6.07, 6.45) is 0. The van der Waals surface area contributed by atoms with Gasteiger partial charge in [0.2, 0.25) is 0 Å². The lowest BCUT2D eigenvalue weighted by Crippen LogP contribution is -2.39. The average Bonchev–Trinajstić information content (AvgIpc) is 1.54. The van der Waals surface area contributed by atoms with E-state index < -0.39 is 21.3 Å². The molecule has 7 heteroatoms. The molecule has 68 valence electrons. The van der Waals surface area contributed by atoms with Crippen molar-refractivity contribution in [3.63, 3.8) is 0 Å². The zero-order chi connectivity index (χ0) is 9.23. The molecule has 4 nitrogen and oxygen atoms in total. The highest BCUT2D eigenvalue weighted by atomic mass is 35.5. The van der Waals surface area contributed by atoms with Crippen LogP contribution in [0.4, 0.5) is 0 Å².